The first-order chi connectivity index (χ1) is 15.8. The molecule has 0 unspecified atom stereocenters. The molecule has 0 aromatic heterocycles. The molecule has 0 radical (unpaired) electrons. The van der Waals surface area contributed by atoms with Crippen molar-refractivity contribution in [1.82, 2.24) is 14.5 Å². The Morgan fingerprint density at radius 1 is 1.06 bits per heavy atom. The molecule has 2 aromatic carbocycles. The van der Waals surface area contributed by atoms with E-state index in [4.69, 9.17) is 0 Å². The van der Waals surface area contributed by atoms with E-state index in [1.165, 1.54) is 37.2 Å². The summed E-state index contributed by atoms with van der Waals surface area (Å²) in [5.74, 6) is -1.82. The number of hydrogen-bond acceptors (Lipinski definition) is 4. The molecule has 8 nitrogen and oxygen atoms in total. The highest BCUT2D eigenvalue weighted by Gasteiger charge is 2.33. The van der Waals surface area contributed by atoms with Crippen LogP contribution >= 0.6 is 15.9 Å². The molecule has 2 aromatic rings. The van der Waals surface area contributed by atoms with Gasteiger partial charge in [0.15, 0.2) is 0 Å². The van der Waals surface area contributed by atoms with Gasteiger partial charge in [0.2, 0.25) is 11.8 Å². The van der Waals surface area contributed by atoms with Crippen molar-refractivity contribution in [1.29, 1.82) is 0 Å². The van der Waals surface area contributed by atoms with Crippen molar-refractivity contribution < 1.29 is 22.4 Å². The van der Waals surface area contributed by atoms with E-state index in [0.29, 0.717) is 4.31 Å². The molecule has 2 rings (SSSR count). The maximum Gasteiger partial charge on any atom is 0.304 e. The van der Waals surface area contributed by atoms with Crippen LogP contribution in [0.1, 0.15) is 26.3 Å². The molecule has 2 amide bonds. The Morgan fingerprint density at radius 3 is 2.26 bits per heavy atom. The molecule has 186 valence electrons. The second-order valence-corrected chi connectivity index (χ2v) is 11.2. The highest BCUT2D eigenvalue weighted by molar-refractivity contribution is 9.10. The molecule has 0 bridgehead atoms. The van der Waals surface area contributed by atoms with Gasteiger partial charge in [-0.2, -0.15) is 12.7 Å². The summed E-state index contributed by atoms with van der Waals surface area (Å²) in [6.45, 7) is 4.54. The molecule has 1 atom stereocenters. The van der Waals surface area contributed by atoms with Gasteiger partial charge in [-0.25, -0.2) is 8.70 Å². The lowest BCUT2D eigenvalue weighted by atomic mass is 10.1. The molecule has 11 heteroatoms. The third-order valence-electron chi connectivity index (χ3n) is 4.98. The third-order valence-corrected chi connectivity index (χ3v) is 7.28. The van der Waals surface area contributed by atoms with Crippen LogP contribution in [0.2, 0.25) is 0 Å². The summed E-state index contributed by atoms with van der Waals surface area (Å²) in [4.78, 5) is 27.6. The van der Waals surface area contributed by atoms with E-state index < -0.39 is 34.5 Å². The zero-order valence-corrected chi connectivity index (χ0v) is 22.2. The summed E-state index contributed by atoms with van der Waals surface area (Å²) in [7, 11) is -1.62. The molecule has 1 N–H and O–H groups in total. The van der Waals surface area contributed by atoms with Crippen LogP contribution in [0.3, 0.4) is 0 Å². The van der Waals surface area contributed by atoms with Crippen LogP contribution in [0.15, 0.2) is 53.0 Å². The number of anilines is 1. The number of nitrogens with zero attached hydrogens (tertiary/aromatic N) is 3. The van der Waals surface area contributed by atoms with Gasteiger partial charge in [-0.1, -0.05) is 40.2 Å². The van der Waals surface area contributed by atoms with E-state index in [1.54, 1.807) is 39.0 Å². The van der Waals surface area contributed by atoms with Crippen molar-refractivity contribution >= 4 is 43.6 Å². The fourth-order valence-corrected chi connectivity index (χ4v) is 4.69. The molecule has 0 spiro atoms. The molecule has 0 saturated heterocycles. The maximum absolute atomic E-state index is 14.6. The standard InChI is InChI=1S/C23H30BrFN4O4S/c1-16(2)26-23(31)17(3)28(14-18-9-8-10-19(24)13-18)22(30)15-29(34(32,33)27(4)5)21-12-7-6-11-20(21)25/h6-13,16-17H,14-15H2,1-5H3,(H,26,31)/t17-/m1/s1. The zero-order valence-electron chi connectivity index (χ0n) is 19.8. The van der Waals surface area contributed by atoms with Crippen LogP contribution < -0.4 is 9.62 Å². The number of para-hydroxylation sites is 1. The van der Waals surface area contributed by atoms with Crippen molar-refractivity contribution in [2.45, 2.75) is 39.4 Å². The molecular formula is C23H30BrFN4O4S. The first-order valence-electron chi connectivity index (χ1n) is 10.6. The second kappa shape index (κ2) is 11.8. The van der Waals surface area contributed by atoms with Crippen LogP contribution in [-0.2, 0) is 26.3 Å². The fraction of sp³-hybridized carbons (Fsp3) is 0.391. The van der Waals surface area contributed by atoms with Crippen molar-refractivity contribution in [3.8, 4) is 0 Å². The van der Waals surface area contributed by atoms with Crippen molar-refractivity contribution in [2.24, 2.45) is 0 Å². The van der Waals surface area contributed by atoms with Crippen molar-refractivity contribution in [3.05, 3.63) is 64.4 Å². The lowest BCUT2D eigenvalue weighted by Gasteiger charge is -2.33. The minimum atomic E-state index is -4.22. The summed E-state index contributed by atoms with van der Waals surface area (Å²) >= 11 is 3.39. The average molecular weight is 557 g/mol. The van der Waals surface area contributed by atoms with Crippen molar-refractivity contribution in [3.63, 3.8) is 0 Å². The predicted octanol–water partition coefficient (Wildman–Crippen LogP) is 3.14. The Balaban J connectivity index is 2.48. The van der Waals surface area contributed by atoms with Gasteiger partial charge < -0.3 is 10.2 Å². The summed E-state index contributed by atoms with van der Waals surface area (Å²) in [6.07, 6.45) is 0. The monoisotopic (exact) mass is 556 g/mol. The summed E-state index contributed by atoms with van der Waals surface area (Å²) < 4.78 is 43.0. The number of amides is 2. The Kier molecular flexibility index (Phi) is 9.60. The number of rotatable bonds is 10. The van der Waals surface area contributed by atoms with Crippen LogP contribution in [0.25, 0.3) is 0 Å². The minimum absolute atomic E-state index is 0.0536. The predicted molar refractivity (Wildman–Crippen MR) is 134 cm³/mol. The van der Waals surface area contributed by atoms with Gasteiger partial charge in [-0.05, 0) is 50.6 Å². The van der Waals surface area contributed by atoms with E-state index in [0.717, 1.165) is 20.4 Å². The molecule has 0 saturated carbocycles. The highest BCUT2D eigenvalue weighted by Crippen LogP contribution is 2.24. The topological polar surface area (TPSA) is 90.0 Å². The normalized spacial score (nSPS) is 12.5. The summed E-state index contributed by atoms with van der Waals surface area (Å²) in [5.41, 5.74) is 0.478. The molecule has 0 fully saturated rings. The van der Waals surface area contributed by atoms with E-state index in [1.807, 2.05) is 6.07 Å². The first kappa shape index (κ1) is 27.7. The average Bonchev–Trinajstić information content (AvgIpc) is 2.75. The number of halogens is 2. The Hall–Kier alpha value is -2.50. The molecular weight excluding hydrogens is 527 g/mol. The molecule has 0 aliphatic rings. The van der Waals surface area contributed by atoms with Gasteiger partial charge in [0.25, 0.3) is 0 Å². The SMILES string of the molecule is CC(C)NC(=O)[C@@H](C)N(Cc1cccc(Br)c1)C(=O)CN(c1ccccc1F)S(=O)(=O)N(C)C. The molecule has 0 heterocycles. The Morgan fingerprint density at radius 2 is 1.71 bits per heavy atom. The molecule has 0 aliphatic heterocycles. The van der Waals surface area contributed by atoms with Crippen LogP contribution in [0.5, 0.6) is 0 Å². The first-order valence-corrected chi connectivity index (χ1v) is 12.8. The Labute approximate surface area is 209 Å². The number of hydrogen-bond donors (Lipinski definition) is 1. The molecule has 0 aliphatic carbocycles. The highest BCUT2D eigenvalue weighted by atomic mass is 79.9. The van der Waals surface area contributed by atoms with E-state index in [2.05, 4.69) is 21.2 Å². The van der Waals surface area contributed by atoms with Gasteiger partial charge >= 0.3 is 10.2 Å². The van der Waals surface area contributed by atoms with Gasteiger partial charge in [0, 0.05) is 31.2 Å². The van der Waals surface area contributed by atoms with Crippen LogP contribution in [0.4, 0.5) is 10.1 Å². The maximum atomic E-state index is 14.6. The lowest BCUT2D eigenvalue weighted by molar-refractivity contribution is -0.139. The lowest BCUT2D eigenvalue weighted by Crippen LogP contribution is -2.53. The Bertz CT molecular complexity index is 1130. The second-order valence-electron chi connectivity index (χ2n) is 8.24. The number of carbonyl (C=O) groups is 2. The summed E-state index contributed by atoms with van der Waals surface area (Å²) in [6, 6.07) is 11.5. The zero-order chi connectivity index (χ0) is 25.6. The van der Waals surface area contributed by atoms with E-state index >= 15 is 0 Å². The van der Waals surface area contributed by atoms with Gasteiger partial charge in [0.05, 0.1) is 5.69 Å². The smallest absolute Gasteiger partial charge is 0.304 e. The van der Waals surface area contributed by atoms with Gasteiger partial charge in [-0.3, -0.25) is 9.59 Å². The van der Waals surface area contributed by atoms with Crippen LogP contribution in [-0.4, -0.2) is 62.2 Å². The quantitative estimate of drug-likeness (QED) is 0.486. The summed E-state index contributed by atoms with van der Waals surface area (Å²) in [5, 5.41) is 2.78. The van der Waals surface area contributed by atoms with Crippen LogP contribution in [0, 0.1) is 5.82 Å². The van der Waals surface area contributed by atoms with E-state index in [-0.39, 0.29) is 24.2 Å². The van der Waals surface area contributed by atoms with Gasteiger partial charge in [-0.15, -0.1) is 0 Å². The number of benzene rings is 2. The largest absolute Gasteiger partial charge is 0.352 e. The van der Waals surface area contributed by atoms with Gasteiger partial charge in [0.1, 0.15) is 18.4 Å². The third kappa shape index (κ3) is 7.00. The van der Waals surface area contributed by atoms with E-state index in [9.17, 15) is 22.4 Å². The minimum Gasteiger partial charge on any atom is -0.352 e. The van der Waals surface area contributed by atoms with Crippen molar-refractivity contribution in [2.75, 3.05) is 24.9 Å². The number of carbonyl (C=O) groups excluding carboxylic acids is 2. The molecule has 34 heavy (non-hydrogen) atoms. The fourth-order valence-electron chi connectivity index (χ4n) is 3.18. The number of nitrogens with one attached hydrogen (secondary N) is 1.